The van der Waals surface area contributed by atoms with Gasteiger partial charge in [0.25, 0.3) is 5.56 Å². The molecule has 1 saturated heterocycles. The number of aromatic amines is 1. The minimum absolute atomic E-state index is 0.401. The number of carboxylic acids is 1. The standard InChI is InChI=1S/C18H21N3O4/c1-2-13-15(20-17(23)14(16(13)22)18(24)25)11-3-5-12(6-4-11)21-9-7-19-8-10-21/h3-6,19H,2,7-10H2,1H3,(H,24,25)(H2,20,22,23). The number of nitrogens with zero attached hydrogens (tertiary/aromatic N) is 1. The second kappa shape index (κ2) is 6.98. The maximum atomic E-state index is 12.0. The second-order valence-corrected chi connectivity index (χ2v) is 5.97. The molecule has 1 fully saturated rings. The molecule has 1 aromatic carbocycles. The normalized spacial score (nSPS) is 14.5. The number of aromatic nitrogens is 1. The number of aromatic hydroxyl groups is 1. The first-order valence-electron chi connectivity index (χ1n) is 8.30. The lowest BCUT2D eigenvalue weighted by Gasteiger charge is -2.29. The number of piperazine rings is 1. The smallest absolute Gasteiger partial charge is 0.345 e. The van der Waals surface area contributed by atoms with Gasteiger partial charge in [-0.3, -0.25) is 4.79 Å². The molecule has 1 aliphatic heterocycles. The van der Waals surface area contributed by atoms with Gasteiger partial charge in [0.1, 0.15) is 5.75 Å². The van der Waals surface area contributed by atoms with Gasteiger partial charge in [0, 0.05) is 37.4 Å². The third-order valence-electron chi connectivity index (χ3n) is 4.50. The first kappa shape index (κ1) is 17.0. The Hall–Kier alpha value is -2.80. The van der Waals surface area contributed by atoms with Crippen LogP contribution in [0.15, 0.2) is 29.1 Å². The SMILES string of the molecule is CCc1c(-c2ccc(N3CCNCC3)cc2)[nH]c(=O)c(C(=O)O)c1O. The van der Waals surface area contributed by atoms with Crippen molar-refractivity contribution in [2.24, 2.45) is 0 Å². The number of carbonyl (C=O) groups is 1. The molecule has 0 unspecified atom stereocenters. The Kier molecular flexibility index (Phi) is 4.76. The molecule has 132 valence electrons. The van der Waals surface area contributed by atoms with Gasteiger partial charge in [-0.2, -0.15) is 0 Å². The van der Waals surface area contributed by atoms with Crippen molar-refractivity contribution in [3.63, 3.8) is 0 Å². The van der Waals surface area contributed by atoms with E-state index in [2.05, 4.69) is 15.2 Å². The average molecular weight is 343 g/mol. The highest BCUT2D eigenvalue weighted by Gasteiger charge is 2.22. The van der Waals surface area contributed by atoms with E-state index in [9.17, 15) is 14.7 Å². The van der Waals surface area contributed by atoms with Crippen LogP contribution >= 0.6 is 0 Å². The molecule has 0 bridgehead atoms. The Morgan fingerprint density at radius 2 is 1.84 bits per heavy atom. The highest BCUT2D eigenvalue weighted by Crippen LogP contribution is 2.30. The summed E-state index contributed by atoms with van der Waals surface area (Å²) in [6, 6.07) is 7.70. The molecule has 2 heterocycles. The first-order chi connectivity index (χ1) is 12.0. The van der Waals surface area contributed by atoms with E-state index < -0.39 is 22.8 Å². The Morgan fingerprint density at radius 3 is 2.40 bits per heavy atom. The third-order valence-corrected chi connectivity index (χ3v) is 4.50. The fourth-order valence-corrected chi connectivity index (χ4v) is 3.18. The predicted molar refractivity (Wildman–Crippen MR) is 95.6 cm³/mol. The number of benzene rings is 1. The summed E-state index contributed by atoms with van der Waals surface area (Å²) in [6.07, 6.45) is 0.401. The van der Waals surface area contributed by atoms with Gasteiger partial charge in [-0.05, 0) is 24.1 Å². The molecule has 0 amide bonds. The maximum Gasteiger partial charge on any atom is 0.345 e. The average Bonchev–Trinajstić information content (AvgIpc) is 2.62. The van der Waals surface area contributed by atoms with Crippen LogP contribution in [-0.4, -0.2) is 47.3 Å². The largest absolute Gasteiger partial charge is 0.506 e. The lowest BCUT2D eigenvalue weighted by atomic mass is 10.00. The number of aromatic carboxylic acids is 1. The first-order valence-corrected chi connectivity index (χ1v) is 8.30. The molecule has 7 heteroatoms. The maximum absolute atomic E-state index is 12.0. The molecule has 0 radical (unpaired) electrons. The quantitative estimate of drug-likeness (QED) is 0.669. The van der Waals surface area contributed by atoms with Crippen molar-refractivity contribution in [3.8, 4) is 17.0 Å². The van der Waals surface area contributed by atoms with E-state index in [-0.39, 0.29) is 0 Å². The molecular formula is C18H21N3O4. The van der Waals surface area contributed by atoms with Gasteiger partial charge in [0.05, 0.1) is 5.69 Å². The molecule has 25 heavy (non-hydrogen) atoms. The van der Waals surface area contributed by atoms with Crippen LogP contribution in [0.1, 0.15) is 22.8 Å². The summed E-state index contributed by atoms with van der Waals surface area (Å²) in [4.78, 5) is 28.1. The van der Waals surface area contributed by atoms with Gasteiger partial charge >= 0.3 is 5.97 Å². The second-order valence-electron chi connectivity index (χ2n) is 5.97. The zero-order valence-corrected chi connectivity index (χ0v) is 14.0. The van der Waals surface area contributed by atoms with Crippen molar-refractivity contribution < 1.29 is 15.0 Å². The minimum Gasteiger partial charge on any atom is -0.506 e. The van der Waals surface area contributed by atoms with Gasteiger partial charge < -0.3 is 25.4 Å². The van der Waals surface area contributed by atoms with Crippen molar-refractivity contribution in [3.05, 3.63) is 45.7 Å². The van der Waals surface area contributed by atoms with E-state index in [0.717, 1.165) is 37.4 Å². The Balaban J connectivity index is 2.01. The highest BCUT2D eigenvalue weighted by atomic mass is 16.4. The Bertz CT molecular complexity index is 837. The zero-order valence-electron chi connectivity index (χ0n) is 14.0. The van der Waals surface area contributed by atoms with Crippen LogP contribution in [0.5, 0.6) is 5.75 Å². The summed E-state index contributed by atoms with van der Waals surface area (Å²) in [7, 11) is 0. The van der Waals surface area contributed by atoms with E-state index in [1.54, 1.807) is 6.92 Å². The number of carboxylic acid groups (broad SMARTS) is 1. The summed E-state index contributed by atoms with van der Waals surface area (Å²) >= 11 is 0. The molecule has 0 spiro atoms. The summed E-state index contributed by atoms with van der Waals surface area (Å²) in [5.74, 6) is -1.89. The van der Waals surface area contributed by atoms with Crippen molar-refractivity contribution in [1.82, 2.24) is 10.3 Å². The van der Waals surface area contributed by atoms with Crippen LogP contribution in [0, 0.1) is 0 Å². The van der Waals surface area contributed by atoms with Gasteiger partial charge in [-0.15, -0.1) is 0 Å². The van der Waals surface area contributed by atoms with Gasteiger partial charge in [0.15, 0.2) is 5.56 Å². The monoisotopic (exact) mass is 343 g/mol. The number of rotatable bonds is 4. The van der Waals surface area contributed by atoms with E-state index in [4.69, 9.17) is 5.11 Å². The lowest BCUT2D eigenvalue weighted by Crippen LogP contribution is -2.43. The van der Waals surface area contributed by atoms with Gasteiger partial charge in [0.2, 0.25) is 0 Å². The summed E-state index contributed by atoms with van der Waals surface area (Å²) < 4.78 is 0. The lowest BCUT2D eigenvalue weighted by molar-refractivity contribution is 0.0691. The number of hydrogen-bond acceptors (Lipinski definition) is 5. The zero-order chi connectivity index (χ0) is 18.0. The number of nitrogens with one attached hydrogen (secondary N) is 2. The highest BCUT2D eigenvalue weighted by molar-refractivity contribution is 5.92. The molecule has 7 nitrogen and oxygen atoms in total. The molecule has 2 aromatic rings. The molecule has 1 aliphatic rings. The fraction of sp³-hybridized carbons (Fsp3) is 0.333. The minimum atomic E-state index is -1.44. The summed E-state index contributed by atoms with van der Waals surface area (Å²) in [5.41, 5.74) is 1.30. The predicted octanol–water partition coefficient (Wildman–Crippen LogP) is 1.42. The molecule has 3 rings (SSSR count). The molecule has 0 aliphatic carbocycles. The Morgan fingerprint density at radius 1 is 1.20 bits per heavy atom. The van der Waals surface area contributed by atoms with Gasteiger partial charge in [-0.25, -0.2) is 4.79 Å². The molecule has 1 aromatic heterocycles. The van der Waals surface area contributed by atoms with E-state index in [1.165, 1.54) is 0 Å². The van der Waals surface area contributed by atoms with E-state index in [1.807, 2.05) is 24.3 Å². The van der Waals surface area contributed by atoms with Crippen LogP contribution in [0.25, 0.3) is 11.3 Å². The van der Waals surface area contributed by atoms with E-state index >= 15 is 0 Å². The summed E-state index contributed by atoms with van der Waals surface area (Å²) in [5, 5.41) is 22.6. The number of hydrogen-bond donors (Lipinski definition) is 4. The molecular weight excluding hydrogens is 322 g/mol. The molecule has 0 atom stereocenters. The third kappa shape index (κ3) is 3.23. The summed E-state index contributed by atoms with van der Waals surface area (Å²) in [6.45, 7) is 5.56. The van der Waals surface area contributed by atoms with Gasteiger partial charge in [-0.1, -0.05) is 19.1 Å². The Labute approximate surface area is 144 Å². The van der Waals surface area contributed by atoms with Crippen LogP contribution in [0.2, 0.25) is 0 Å². The van der Waals surface area contributed by atoms with E-state index in [0.29, 0.717) is 17.7 Å². The molecule has 4 N–H and O–H groups in total. The van der Waals surface area contributed by atoms with Crippen molar-refractivity contribution in [2.45, 2.75) is 13.3 Å². The van der Waals surface area contributed by atoms with Crippen molar-refractivity contribution in [1.29, 1.82) is 0 Å². The number of anilines is 1. The van der Waals surface area contributed by atoms with Crippen molar-refractivity contribution in [2.75, 3.05) is 31.1 Å². The fourth-order valence-electron chi connectivity index (χ4n) is 3.18. The topological polar surface area (TPSA) is 106 Å². The van der Waals surface area contributed by atoms with Crippen LogP contribution in [0.4, 0.5) is 5.69 Å². The number of pyridine rings is 1. The number of H-pyrrole nitrogens is 1. The van der Waals surface area contributed by atoms with Crippen LogP contribution < -0.4 is 15.8 Å². The van der Waals surface area contributed by atoms with Crippen LogP contribution in [-0.2, 0) is 6.42 Å². The van der Waals surface area contributed by atoms with Crippen molar-refractivity contribution >= 4 is 11.7 Å². The van der Waals surface area contributed by atoms with Crippen LogP contribution in [0.3, 0.4) is 0 Å². The molecule has 0 saturated carbocycles.